The predicted octanol–water partition coefficient (Wildman–Crippen LogP) is 3.43. The van der Waals surface area contributed by atoms with E-state index in [1.54, 1.807) is 12.4 Å². The van der Waals surface area contributed by atoms with Gasteiger partial charge in [0.15, 0.2) is 0 Å². The first-order valence-corrected chi connectivity index (χ1v) is 9.16. The van der Waals surface area contributed by atoms with Crippen LogP contribution in [0, 0.1) is 0 Å². The molecule has 1 aliphatic heterocycles. The third-order valence-electron chi connectivity index (χ3n) is 5.12. The van der Waals surface area contributed by atoms with Gasteiger partial charge in [0.1, 0.15) is 5.82 Å². The fraction of sp³-hybridized carbons (Fsp3) is 0.400. The van der Waals surface area contributed by atoms with E-state index in [0.29, 0.717) is 17.5 Å². The minimum absolute atomic E-state index is 0.0724. The number of fused-ring (bicyclic) bond motifs is 1. The molecule has 6 nitrogen and oxygen atoms in total. The Morgan fingerprint density at radius 3 is 2.50 bits per heavy atom. The summed E-state index contributed by atoms with van der Waals surface area (Å²) < 4.78 is 2.24. The Morgan fingerprint density at radius 1 is 1.04 bits per heavy atom. The van der Waals surface area contributed by atoms with Gasteiger partial charge in [-0.15, -0.1) is 0 Å². The number of hydrogen-bond donors (Lipinski definition) is 0. The van der Waals surface area contributed by atoms with E-state index in [1.165, 1.54) is 0 Å². The van der Waals surface area contributed by atoms with E-state index in [0.717, 1.165) is 42.8 Å². The van der Waals surface area contributed by atoms with Crippen LogP contribution in [0.5, 0.6) is 0 Å². The summed E-state index contributed by atoms with van der Waals surface area (Å²) >= 11 is 0. The molecular formula is C20H23N5O. The maximum atomic E-state index is 12.9. The number of aromatic nitrogens is 4. The van der Waals surface area contributed by atoms with E-state index in [1.807, 2.05) is 35.5 Å². The molecule has 1 saturated heterocycles. The molecule has 0 saturated carbocycles. The zero-order valence-corrected chi connectivity index (χ0v) is 15.2. The summed E-state index contributed by atoms with van der Waals surface area (Å²) in [5.74, 6) is 1.63. The molecule has 0 spiro atoms. The van der Waals surface area contributed by atoms with Gasteiger partial charge >= 0.3 is 0 Å². The monoisotopic (exact) mass is 349 g/mol. The van der Waals surface area contributed by atoms with Gasteiger partial charge in [-0.1, -0.05) is 0 Å². The van der Waals surface area contributed by atoms with Crippen LogP contribution in [0.3, 0.4) is 0 Å². The van der Waals surface area contributed by atoms with Gasteiger partial charge in [-0.3, -0.25) is 14.8 Å². The lowest BCUT2D eigenvalue weighted by molar-refractivity contribution is 0.0710. The van der Waals surface area contributed by atoms with E-state index in [4.69, 9.17) is 0 Å². The van der Waals surface area contributed by atoms with Crippen molar-refractivity contribution in [1.82, 2.24) is 24.4 Å². The topological polar surface area (TPSA) is 63.9 Å². The Labute approximate surface area is 152 Å². The lowest BCUT2D eigenvalue weighted by Gasteiger charge is -2.32. The van der Waals surface area contributed by atoms with Gasteiger partial charge in [-0.25, -0.2) is 4.98 Å². The fourth-order valence-electron chi connectivity index (χ4n) is 3.70. The van der Waals surface area contributed by atoms with Gasteiger partial charge in [-0.05, 0) is 44.9 Å². The average molecular weight is 349 g/mol. The Morgan fingerprint density at radius 2 is 1.77 bits per heavy atom. The lowest BCUT2D eigenvalue weighted by Crippen LogP contribution is -2.38. The zero-order chi connectivity index (χ0) is 18.1. The summed E-state index contributed by atoms with van der Waals surface area (Å²) in [6.45, 7) is 5.86. The van der Waals surface area contributed by atoms with E-state index in [-0.39, 0.29) is 5.91 Å². The minimum Gasteiger partial charge on any atom is -0.339 e. The van der Waals surface area contributed by atoms with Crippen LogP contribution in [0.4, 0.5) is 0 Å². The Bertz CT molecular complexity index is 925. The third-order valence-corrected chi connectivity index (χ3v) is 5.12. The van der Waals surface area contributed by atoms with E-state index in [2.05, 4.69) is 33.4 Å². The minimum atomic E-state index is 0.0724. The van der Waals surface area contributed by atoms with Crippen LogP contribution in [-0.4, -0.2) is 43.4 Å². The van der Waals surface area contributed by atoms with Crippen molar-refractivity contribution >= 4 is 16.9 Å². The molecule has 0 bridgehead atoms. The number of amides is 1. The molecule has 134 valence electrons. The van der Waals surface area contributed by atoms with Gasteiger partial charge in [0.2, 0.25) is 0 Å². The smallest absolute Gasteiger partial charge is 0.253 e. The highest BCUT2D eigenvalue weighted by Gasteiger charge is 2.27. The molecule has 2 aromatic heterocycles. The fourth-order valence-corrected chi connectivity index (χ4v) is 3.70. The predicted molar refractivity (Wildman–Crippen MR) is 100 cm³/mol. The van der Waals surface area contributed by atoms with Crippen molar-refractivity contribution in [2.75, 3.05) is 13.1 Å². The highest BCUT2D eigenvalue weighted by molar-refractivity contribution is 5.97. The van der Waals surface area contributed by atoms with Gasteiger partial charge in [0.05, 0.1) is 11.0 Å². The molecule has 1 aliphatic rings. The Hall–Kier alpha value is -2.76. The van der Waals surface area contributed by atoms with Crippen molar-refractivity contribution in [3.63, 3.8) is 0 Å². The first-order valence-electron chi connectivity index (χ1n) is 9.16. The molecule has 0 atom stereocenters. The van der Waals surface area contributed by atoms with Gasteiger partial charge in [-0.2, -0.15) is 0 Å². The number of piperidine rings is 1. The molecule has 0 unspecified atom stereocenters. The molecule has 3 heterocycles. The van der Waals surface area contributed by atoms with Crippen LogP contribution in [0.2, 0.25) is 0 Å². The molecule has 0 N–H and O–H groups in total. The molecule has 26 heavy (non-hydrogen) atoms. The van der Waals surface area contributed by atoms with E-state index >= 15 is 0 Å². The van der Waals surface area contributed by atoms with Crippen LogP contribution >= 0.6 is 0 Å². The van der Waals surface area contributed by atoms with Crippen LogP contribution < -0.4 is 0 Å². The first kappa shape index (κ1) is 16.7. The number of likely N-dealkylation sites (tertiary alicyclic amines) is 1. The molecule has 0 aliphatic carbocycles. The maximum Gasteiger partial charge on any atom is 0.253 e. The van der Waals surface area contributed by atoms with Crippen LogP contribution in [-0.2, 0) is 0 Å². The number of imidazole rings is 1. The highest BCUT2D eigenvalue weighted by atomic mass is 16.2. The van der Waals surface area contributed by atoms with Crippen LogP contribution in [0.25, 0.3) is 11.0 Å². The largest absolute Gasteiger partial charge is 0.339 e. The number of carbonyl (C=O) groups excluding carboxylic acids is 1. The lowest BCUT2D eigenvalue weighted by atomic mass is 9.95. The number of carbonyl (C=O) groups is 1. The molecule has 3 aromatic rings. The normalized spacial score (nSPS) is 15.7. The van der Waals surface area contributed by atoms with Crippen molar-refractivity contribution < 1.29 is 4.79 Å². The quantitative estimate of drug-likeness (QED) is 0.727. The first-order chi connectivity index (χ1) is 12.6. The zero-order valence-electron chi connectivity index (χ0n) is 15.2. The molecule has 1 fully saturated rings. The van der Waals surface area contributed by atoms with E-state index < -0.39 is 0 Å². The van der Waals surface area contributed by atoms with Crippen LogP contribution in [0.15, 0.2) is 43.0 Å². The van der Waals surface area contributed by atoms with Crippen molar-refractivity contribution in [2.24, 2.45) is 0 Å². The standard InChI is InChI=1S/C20H23N5O/c1-14(2)25-12-9-23-19(25)15-5-10-24(11-6-15)20(26)16-3-4-17-18(13-16)22-8-7-21-17/h3-4,7-9,12-15H,5-6,10-11H2,1-2H3. The van der Waals surface area contributed by atoms with Gasteiger partial charge in [0, 0.05) is 55.4 Å². The highest BCUT2D eigenvalue weighted by Crippen LogP contribution is 2.29. The molecule has 6 heteroatoms. The second kappa shape index (κ2) is 6.86. The van der Waals surface area contributed by atoms with Crippen molar-refractivity contribution in [2.45, 2.75) is 38.6 Å². The third kappa shape index (κ3) is 3.07. The van der Waals surface area contributed by atoms with Crippen molar-refractivity contribution in [3.05, 3.63) is 54.4 Å². The van der Waals surface area contributed by atoms with Gasteiger partial charge < -0.3 is 9.47 Å². The maximum absolute atomic E-state index is 12.9. The number of benzene rings is 1. The Kier molecular flexibility index (Phi) is 4.41. The Balaban J connectivity index is 1.47. The number of rotatable bonds is 3. The van der Waals surface area contributed by atoms with Crippen molar-refractivity contribution in [3.8, 4) is 0 Å². The summed E-state index contributed by atoms with van der Waals surface area (Å²) in [5, 5.41) is 0. The second-order valence-corrected chi connectivity index (χ2v) is 7.11. The summed E-state index contributed by atoms with van der Waals surface area (Å²) in [6, 6.07) is 5.95. The number of hydrogen-bond acceptors (Lipinski definition) is 4. The molecular weight excluding hydrogens is 326 g/mol. The molecule has 1 amide bonds. The molecule has 0 radical (unpaired) electrons. The molecule has 4 rings (SSSR count). The van der Waals surface area contributed by atoms with Gasteiger partial charge in [0.25, 0.3) is 5.91 Å². The summed E-state index contributed by atoms with van der Waals surface area (Å²) in [6.07, 6.45) is 9.14. The van der Waals surface area contributed by atoms with E-state index in [9.17, 15) is 4.79 Å². The summed E-state index contributed by atoms with van der Waals surface area (Å²) in [7, 11) is 0. The number of nitrogens with zero attached hydrogens (tertiary/aromatic N) is 5. The summed E-state index contributed by atoms with van der Waals surface area (Å²) in [5.41, 5.74) is 2.25. The average Bonchev–Trinajstić information content (AvgIpc) is 3.17. The second-order valence-electron chi connectivity index (χ2n) is 7.11. The van der Waals surface area contributed by atoms with Crippen LogP contribution in [0.1, 0.15) is 54.8 Å². The SMILES string of the molecule is CC(C)n1ccnc1C1CCN(C(=O)c2ccc3nccnc3c2)CC1. The summed E-state index contributed by atoms with van der Waals surface area (Å²) in [4.78, 5) is 27.9. The van der Waals surface area contributed by atoms with Crippen molar-refractivity contribution in [1.29, 1.82) is 0 Å². The molecule has 1 aromatic carbocycles.